The molecule has 30 heavy (non-hydrogen) atoms. The first-order valence-electron chi connectivity index (χ1n) is 10.7. The molecule has 2 saturated heterocycles. The maximum absolute atomic E-state index is 13.2. The first-order chi connectivity index (χ1) is 14.4. The maximum atomic E-state index is 13.2. The van der Waals surface area contributed by atoms with Crippen molar-refractivity contribution in [3.63, 3.8) is 0 Å². The molecule has 2 fully saturated rings. The van der Waals surface area contributed by atoms with Gasteiger partial charge in [-0.25, -0.2) is 0 Å². The van der Waals surface area contributed by atoms with E-state index in [1.165, 1.54) is 23.3 Å². The van der Waals surface area contributed by atoms with Crippen molar-refractivity contribution in [2.24, 2.45) is 5.92 Å². The van der Waals surface area contributed by atoms with E-state index in [1.54, 1.807) is 0 Å². The summed E-state index contributed by atoms with van der Waals surface area (Å²) in [5.41, 5.74) is 3.52. The van der Waals surface area contributed by atoms with Gasteiger partial charge in [0.25, 0.3) is 0 Å². The Balaban J connectivity index is 1.43. The second-order valence-corrected chi connectivity index (χ2v) is 8.71. The van der Waals surface area contributed by atoms with Crippen LogP contribution in [0.1, 0.15) is 54.3 Å². The number of carbonyl (C=O) groups excluding carboxylic acids is 1. The van der Waals surface area contributed by atoms with Gasteiger partial charge in [0.05, 0.1) is 11.6 Å². The highest BCUT2D eigenvalue weighted by Crippen LogP contribution is 2.50. The standard InChI is InChI=1S/C24H25F3N2O/c25-24(26,27)19-4-1-15(2-5-19)17-3-6-20-18-9-12-29(22(14-18)21(20)13-17)23(30)16-7-10-28-11-8-16/h1-6,13,16,18,22,28H,7-12,14H2/t18-,22+/m0/s1. The Morgan fingerprint density at radius 2 is 1.63 bits per heavy atom. The van der Waals surface area contributed by atoms with Gasteiger partial charge in [0.15, 0.2) is 0 Å². The summed E-state index contributed by atoms with van der Waals surface area (Å²) in [6.07, 6.45) is -0.598. The predicted octanol–water partition coefficient (Wildman–Crippen LogP) is 5.13. The van der Waals surface area contributed by atoms with E-state index in [0.29, 0.717) is 5.92 Å². The fourth-order valence-corrected chi connectivity index (χ4v) is 5.38. The van der Waals surface area contributed by atoms with Crippen LogP contribution in [0.5, 0.6) is 0 Å². The smallest absolute Gasteiger partial charge is 0.335 e. The summed E-state index contributed by atoms with van der Waals surface area (Å²) in [4.78, 5) is 15.3. The van der Waals surface area contributed by atoms with Gasteiger partial charge in [0, 0.05) is 12.5 Å². The highest BCUT2D eigenvalue weighted by Gasteiger charge is 2.42. The van der Waals surface area contributed by atoms with E-state index in [9.17, 15) is 18.0 Å². The van der Waals surface area contributed by atoms with Crippen LogP contribution in [0.4, 0.5) is 13.2 Å². The van der Waals surface area contributed by atoms with Crippen molar-refractivity contribution in [3.8, 4) is 11.1 Å². The van der Waals surface area contributed by atoms with Crippen LogP contribution in [0.25, 0.3) is 11.1 Å². The lowest BCUT2D eigenvalue weighted by Gasteiger charge is -2.37. The lowest BCUT2D eigenvalue weighted by Crippen LogP contribution is -2.44. The Labute approximate surface area is 174 Å². The van der Waals surface area contributed by atoms with Gasteiger partial charge in [0.2, 0.25) is 5.91 Å². The Morgan fingerprint density at radius 1 is 0.933 bits per heavy atom. The van der Waals surface area contributed by atoms with Crippen molar-refractivity contribution in [2.75, 3.05) is 19.6 Å². The minimum atomic E-state index is -4.33. The number of rotatable bonds is 2. The molecule has 2 atom stereocenters. The Kier molecular flexibility index (Phi) is 4.85. The minimum Gasteiger partial charge on any atom is -0.335 e. The maximum Gasteiger partial charge on any atom is 0.416 e. The average Bonchev–Trinajstić information content (AvgIpc) is 3.05. The van der Waals surface area contributed by atoms with E-state index >= 15 is 0 Å². The zero-order chi connectivity index (χ0) is 20.9. The van der Waals surface area contributed by atoms with Gasteiger partial charge in [-0.05, 0) is 85.1 Å². The number of amides is 1. The second-order valence-electron chi connectivity index (χ2n) is 8.71. The Hall–Kier alpha value is -2.34. The summed E-state index contributed by atoms with van der Waals surface area (Å²) < 4.78 is 38.6. The number of fused-ring (bicyclic) bond motifs is 5. The fourth-order valence-electron chi connectivity index (χ4n) is 5.38. The molecule has 0 saturated carbocycles. The molecule has 0 unspecified atom stereocenters. The molecule has 0 spiro atoms. The van der Waals surface area contributed by atoms with Gasteiger partial charge < -0.3 is 10.2 Å². The van der Waals surface area contributed by atoms with Crippen molar-refractivity contribution in [3.05, 3.63) is 59.2 Å². The third-order valence-electron chi connectivity index (χ3n) is 7.01. The molecule has 2 aromatic carbocycles. The fraction of sp³-hybridized carbons (Fsp3) is 0.458. The summed E-state index contributed by atoms with van der Waals surface area (Å²) in [6.45, 7) is 2.58. The molecule has 0 radical (unpaired) electrons. The van der Waals surface area contributed by atoms with Crippen LogP contribution in [0.2, 0.25) is 0 Å². The van der Waals surface area contributed by atoms with Crippen molar-refractivity contribution in [2.45, 2.75) is 43.8 Å². The Morgan fingerprint density at radius 3 is 2.33 bits per heavy atom. The molecule has 158 valence electrons. The highest BCUT2D eigenvalue weighted by molar-refractivity contribution is 5.80. The molecule has 2 heterocycles. The van der Waals surface area contributed by atoms with Crippen LogP contribution < -0.4 is 5.32 Å². The normalized spacial score (nSPS) is 24.0. The number of benzene rings is 2. The van der Waals surface area contributed by atoms with Crippen LogP contribution in [-0.4, -0.2) is 30.4 Å². The zero-order valence-electron chi connectivity index (χ0n) is 16.7. The molecule has 6 heteroatoms. The third-order valence-corrected chi connectivity index (χ3v) is 7.01. The minimum absolute atomic E-state index is 0.0931. The van der Waals surface area contributed by atoms with Crippen LogP contribution in [0.3, 0.4) is 0 Å². The van der Waals surface area contributed by atoms with E-state index in [4.69, 9.17) is 0 Å². The van der Waals surface area contributed by atoms with Crippen molar-refractivity contribution >= 4 is 5.91 Å². The molecular weight excluding hydrogens is 389 g/mol. The van der Waals surface area contributed by atoms with Crippen LogP contribution in [0, 0.1) is 5.92 Å². The molecule has 3 nitrogen and oxygen atoms in total. The molecule has 2 aromatic rings. The summed E-state index contributed by atoms with van der Waals surface area (Å²) in [6, 6.07) is 11.6. The number of nitrogens with one attached hydrogen (secondary N) is 1. The van der Waals surface area contributed by atoms with E-state index in [-0.39, 0.29) is 17.9 Å². The van der Waals surface area contributed by atoms with E-state index < -0.39 is 11.7 Å². The third kappa shape index (κ3) is 3.41. The number of hydrogen-bond acceptors (Lipinski definition) is 2. The quantitative estimate of drug-likeness (QED) is 0.739. The second kappa shape index (κ2) is 7.41. The number of nitrogens with zero attached hydrogens (tertiary/aromatic N) is 1. The molecule has 2 bridgehead atoms. The molecule has 0 aromatic heterocycles. The molecular formula is C24H25F3N2O. The van der Waals surface area contributed by atoms with Gasteiger partial charge in [-0.15, -0.1) is 0 Å². The van der Waals surface area contributed by atoms with Gasteiger partial charge in [0.1, 0.15) is 0 Å². The number of carbonyl (C=O) groups is 1. The zero-order valence-corrected chi connectivity index (χ0v) is 16.7. The van der Waals surface area contributed by atoms with Gasteiger partial charge >= 0.3 is 6.18 Å². The van der Waals surface area contributed by atoms with Crippen LogP contribution in [0.15, 0.2) is 42.5 Å². The topological polar surface area (TPSA) is 32.3 Å². The largest absolute Gasteiger partial charge is 0.416 e. The molecule has 1 amide bonds. The summed E-state index contributed by atoms with van der Waals surface area (Å²) in [7, 11) is 0. The summed E-state index contributed by atoms with van der Waals surface area (Å²) in [5, 5.41) is 3.32. The van der Waals surface area contributed by atoms with Crippen LogP contribution >= 0.6 is 0 Å². The molecule has 3 aliphatic rings. The SMILES string of the molecule is O=C(C1CCNCC1)N1CC[C@H]2C[C@@H]1c1cc(-c3ccc(C(F)(F)F)cc3)ccc12. The first kappa shape index (κ1) is 19.6. The summed E-state index contributed by atoms with van der Waals surface area (Å²) in [5.74, 6) is 0.849. The first-order valence-corrected chi connectivity index (χ1v) is 10.7. The molecule has 1 aliphatic carbocycles. The predicted molar refractivity (Wildman–Crippen MR) is 109 cm³/mol. The van der Waals surface area contributed by atoms with E-state index in [2.05, 4.69) is 22.3 Å². The van der Waals surface area contributed by atoms with E-state index in [0.717, 1.165) is 68.6 Å². The van der Waals surface area contributed by atoms with Crippen LogP contribution in [-0.2, 0) is 11.0 Å². The highest BCUT2D eigenvalue weighted by atomic mass is 19.4. The Bertz CT molecular complexity index is 948. The monoisotopic (exact) mass is 414 g/mol. The number of likely N-dealkylation sites (tertiary alicyclic amines) is 1. The van der Waals surface area contributed by atoms with Gasteiger partial charge in [-0.2, -0.15) is 13.2 Å². The molecule has 1 N–H and O–H groups in total. The molecule has 2 aliphatic heterocycles. The van der Waals surface area contributed by atoms with Crippen molar-refractivity contribution < 1.29 is 18.0 Å². The lowest BCUT2D eigenvalue weighted by atomic mass is 9.92. The number of halogens is 3. The van der Waals surface area contributed by atoms with Crippen molar-refractivity contribution in [1.29, 1.82) is 0 Å². The lowest BCUT2D eigenvalue weighted by molar-refractivity contribution is -0.140. The van der Waals surface area contributed by atoms with Crippen molar-refractivity contribution in [1.82, 2.24) is 10.2 Å². The summed E-state index contributed by atoms with van der Waals surface area (Å²) >= 11 is 0. The van der Waals surface area contributed by atoms with E-state index in [1.807, 2.05) is 6.07 Å². The number of alkyl halides is 3. The number of piperidine rings is 2. The molecule has 5 rings (SSSR count). The van der Waals surface area contributed by atoms with Gasteiger partial charge in [-0.3, -0.25) is 4.79 Å². The number of hydrogen-bond donors (Lipinski definition) is 1. The van der Waals surface area contributed by atoms with Gasteiger partial charge in [-0.1, -0.05) is 24.3 Å². The average molecular weight is 414 g/mol.